The first kappa shape index (κ1) is 12.6. The van der Waals surface area contributed by atoms with Crippen LogP contribution in [0.3, 0.4) is 0 Å². The largest absolute Gasteiger partial charge is 0.352 e. The fourth-order valence-corrected chi connectivity index (χ4v) is 3.21. The summed E-state index contributed by atoms with van der Waals surface area (Å²) >= 11 is 1.53. The number of rotatable bonds is 4. The molecule has 1 aliphatic carbocycles. The van der Waals surface area contributed by atoms with E-state index in [0.717, 1.165) is 4.88 Å². The molecule has 1 aliphatic rings. The van der Waals surface area contributed by atoms with Crippen LogP contribution in [0.5, 0.6) is 0 Å². The quantitative estimate of drug-likeness (QED) is 0.864. The lowest BCUT2D eigenvalue weighted by Gasteiger charge is -2.22. The van der Waals surface area contributed by atoms with E-state index in [0.29, 0.717) is 5.92 Å². The van der Waals surface area contributed by atoms with E-state index in [1.807, 2.05) is 17.5 Å². The summed E-state index contributed by atoms with van der Waals surface area (Å²) in [5.74, 6) is 0.585. The third-order valence-electron chi connectivity index (χ3n) is 3.61. The molecule has 3 nitrogen and oxygen atoms in total. The molecule has 1 saturated carbocycles. The van der Waals surface area contributed by atoms with Crippen molar-refractivity contribution >= 4 is 17.2 Å². The van der Waals surface area contributed by atoms with Crippen LogP contribution in [-0.2, 0) is 4.79 Å². The second-order valence-corrected chi connectivity index (χ2v) is 5.81. The van der Waals surface area contributed by atoms with E-state index >= 15 is 0 Å². The summed E-state index contributed by atoms with van der Waals surface area (Å²) in [5.41, 5.74) is 5.93. The monoisotopic (exact) mass is 252 g/mol. The predicted molar refractivity (Wildman–Crippen MR) is 70.8 cm³/mol. The Bertz CT molecular complexity index is 358. The van der Waals surface area contributed by atoms with Crippen molar-refractivity contribution in [1.29, 1.82) is 0 Å². The highest BCUT2D eigenvalue weighted by molar-refractivity contribution is 7.10. The minimum Gasteiger partial charge on any atom is -0.352 e. The van der Waals surface area contributed by atoms with Crippen molar-refractivity contribution in [3.05, 3.63) is 22.4 Å². The van der Waals surface area contributed by atoms with Crippen LogP contribution in [0.1, 0.15) is 43.5 Å². The van der Waals surface area contributed by atoms with Gasteiger partial charge >= 0.3 is 0 Å². The first-order chi connectivity index (χ1) is 8.18. The zero-order valence-electron chi connectivity index (χ0n) is 10.2. The highest BCUT2D eigenvalue weighted by atomic mass is 32.1. The van der Waals surface area contributed by atoms with E-state index in [2.05, 4.69) is 12.2 Å². The maximum absolute atomic E-state index is 12.0. The Balaban J connectivity index is 1.87. The topological polar surface area (TPSA) is 55.1 Å². The number of thiophene rings is 1. The molecule has 0 aromatic carbocycles. The third-order valence-corrected chi connectivity index (χ3v) is 4.56. The first-order valence-corrected chi connectivity index (χ1v) is 7.16. The average molecular weight is 252 g/mol. The number of carbonyl (C=O) groups is 1. The molecule has 1 amide bonds. The van der Waals surface area contributed by atoms with E-state index < -0.39 is 6.04 Å². The maximum Gasteiger partial charge on any atom is 0.242 e. The predicted octanol–water partition coefficient (Wildman–Crippen LogP) is 2.44. The van der Waals surface area contributed by atoms with Crippen LogP contribution in [0.15, 0.2) is 17.5 Å². The van der Waals surface area contributed by atoms with Gasteiger partial charge in [-0.05, 0) is 37.1 Å². The zero-order chi connectivity index (χ0) is 12.3. The Hall–Kier alpha value is -0.870. The molecule has 0 aliphatic heterocycles. The van der Waals surface area contributed by atoms with Gasteiger partial charge in [0.1, 0.15) is 6.04 Å². The van der Waals surface area contributed by atoms with Crippen LogP contribution in [0.4, 0.5) is 0 Å². The summed E-state index contributed by atoms with van der Waals surface area (Å²) in [6, 6.07) is 3.57. The van der Waals surface area contributed by atoms with E-state index in [1.54, 1.807) is 0 Å². The molecule has 3 N–H and O–H groups in total. The van der Waals surface area contributed by atoms with Gasteiger partial charge < -0.3 is 11.1 Å². The van der Waals surface area contributed by atoms with E-state index in [4.69, 9.17) is 5.73 Å². The number of hydrogen-bond acceptors (Lipinski definition) is 3. The van der Waals surface area contributed by atoms with Crippen molar-refractivity contribution in [1.82, 2.24) is 5.32 Å². The van der Waals surface area contributed by atoms with Crippen molar-refractivity contribution in [3.8, 4) is 0 Å². The van der Waals surface area contributed by atoms with Gasteiger partial charge in [-0.25, -0.2) is 0 Å². The minimum absolute atomic E-state index is 0.0492. The Morgan fingerprint density at radius 3 is 2.82 bits per heavy atom. The summed E-state index contributed by atoms with van der Waals surface area (Å²) in [6.45, 7) is 2.09. The van der Waals surface area contributed by atoms with Gasteiger partial charge in [0.25, 0.3) is 0 Å². The third kappa shape index (κ3) is 3.07. The molecule has 1 heterocycles. The molecule has 94 valence electrons. The number of amides is 1. The Labute approximate surface area is 106 Å². The van der Waals surface area contributed by atoms with Gasteiger partial charge in [-0.3, -0.25) is 4.79 Å². The SMILES string of the molecule is CC(NC(=O)C(N)c1cccs1)C1CCCC1. The maximum atomic E-state index is 12.0. The van der Waals surface area contributed by atoms with Crippen LogP contribution in [0.2, 0.25) is 0 Å². The number of nitrogens with two attached hydrogens (primary N) is 1. The molecule has 1 fully saturated rings. The van der Waals surface area contributed by atoms with Crippen molar-refractivity contribution in [3.63, 3.8) is 0 Å². The Morgan fingerprint density at radius 2 is 2.24 bits per heavy atom. The molecule has 0 saturated heterocycles. The second kappa shape index (κ2) is 5.65. The summed E-state index contributed by atoms with van der Waals surface area (Å²) in [5, 5.41) is 5.00. The number of nitrogens with one attached hydrogen (secondary N) is 1. The van der Waals surface area contributed by atoms with E-state index in [-0.39, 0.29) is 11.9 Å². The van der Waals surface area contributed by atoms with Crippen LogP contribution in [0.25, 0.3) is 0 Å². The molecule has 1 aromatic heterocycles. The number of hydrogen-bond donors (Lipinski definition) is 2. The molecule has 0 bridgehead atoms. The summed E-state index contributed by atoms with van der Waals surface area (Å²) in [6.07, 6.45) is 5.05. The second-order valence-electron chi connectivity index (χ2n) is 4.83. The Kier molecular flexibility index (Phi) is 4.18. The van der Waals surface area contributed by atoms with Crippen molar-refractivity contribution in [2.75, 3.05) is 0 Å². The van der Waals surface area contributed by atoms with Crippen molar-refractivity contribution in [2.45, 2.75) is 44.7 Å². The molecule has 0 radical (unpaired) electrons. The minimum atomic E-state index is -0.515. The van der Waals surface area contributed by atoms with Gasteiger partial charge in [-0.15, -0.1) is 11.3 Å². The standard InChI is InChI=1S/C13H20N2OS/c1-9(10-5-2-3-6-10)15-13(16)12(14)11-7-4-8-17-11/h4,7-10,12H,2-3,5-6,14H2,1H3,(H,15,16). The fraction of sp³-hybridized carbons (Fsp3) is 0.615. The zero-order valence-corrected chi connectivity index (χ0v) is 11.0. The van der Waals surface area contributed by atoms with Gasteiger partial charge in [0, 0.05) is 10.9 Å². The van der Waals surface area contributed by atoms with E-state index in [9.17, 15) is 4.79 Å². The first-order valence-electron chi connectivity index (χ1n) is 6.28. The van der Waals surface area contributed by atoms with Crippen molar-refractivity contribution in [2.24, 2.45) is 11.7 Å². The van der Waals surface area contributed by atoms with Gasteiger partial charge in [0.05, 0.1) is 0 Å². The van der Waals surface area contributed by atoms with Crippen LogP contribution >= 0.6 is 11.3 Å². The van der Waals surface area contributed by atoms with E-state index in [1.165, 1.54) is 37.0 Å². The molecule has 2 rings (SSSR count). The molecule has 2 unspecified atom stereocenters. The lowest BCUT2D eigenvalue weighted by atomic mass is 9.99. The summed E-state index contributed by atoms with van der Waals surface area (Å²) in [7, 11) is 0. The molecule has 1 aromatic rings. The smallest absolute Gasteiger partial charge is 0.242 e. The van der Waals surface area contributed by atoms with Gasteiger partial charge in [0.15, 0.2) is 0 Å². The van der Waals surface area contributed by atoms with Gasteiger partial charge in [-0.2, -0.15) is 0 Å². The highest BCUT2D eigenvalue weighted by Gasteiger charge is 2.25. The highest BCUT2D eigenvalue weighted by Crippen LogP contribution is 2.27. The summed E-state index contributed by atoms with van der Waals surface area (Å²) in [4.78, 5) is 12.9. The molecular formula is C13H20N2OS. The fourth-order valence-electron chi connectivity index (χ4n) is 2.49. The van der Waals surface area contributed by atoms with Crippen LogP contribution in [0, 0.1) is 5.92 Å². The Morgan fingerprint density at radius 1 is 1.53 bits per heavy atom. The number of carbonyl (C=O) groups excluding carboxylic acids is 1. The summed E-state index contributed by atoms with van der Waals surface area (Å²) < 4.78 is 0. The lowest BCUT2D eigenvalue weighted by molar-refractivity contribution is -0.123. The molecule has 2 atom stereocenters. The van der Waals surface area contributed by atoms with Crippen LogP contribution < -0.4 is 11.1 Å². The normalized spacial score (nSPS) is 20.1. The molecule has 0 spiro atoms. The van der Waals surface area contributed by atoms with Gasteiger partial charge in [0.2, 0.25) is 5.91 Å². The molecular weight excluding hydrogens is 232 g/mol. The molecule has 17 heavy (non-hydrogen) atoms. The lowest BCUT2D eigenvalue weighted by Crippen LogP contribution is -2.42. The average Bonchev–Trinajstić information content (AvgIpc) is 3.00. The molecule has 4 heteroatoms. The van der Waals surface area contributed by atoms with Gasteiger partial charge in [-0.1, -0.05) is 18.9 Å². The van der Waals surface area contributed by atoms with Crippen molar-refractivity contribution < 1.29 is 4.79 Å². The van der Waals surface area contributed by atoms with Crippen LogP contribution in [-0.4, -0.2) is 11.9 Å².